The molecule has 0 bridgehead atoms. The summed E-state index contributed by atoms with van der Waals surface area (Å²) in [5.74, 6) is 0.436. The molecule has 1 aliphatic heterocycles. The van der Waals surface area contributed by atoms with Gasteiger partial charge >= 0.3 is 6.09 Å². The lowest BCUT2D eigenvalue weighted by Crippen LogP contribution is -2.34. The van der Waals surface area contributed by atoms with Crippen molar-refractivity contribution >= 4 is 17.8 Å². The molecule has 2 amide bonds. The van der Waals surface area contributed by atoms with Crippen molar-refractivity contribution in [3.05, 3.63) is 42.4 Å². The average molecular weight is 301 g/mol. The van der Waals surface area contributed by atoms with E-state index in [2.05, 4.69) is 15.4 Å². The molecule has 3 heterocycles. The molecule has 8 nitrogen and oxygen atoms in total. The molecule has 8 heteroatoms. The van der Waals surface area contributed by atoms with Gasteiger partial charge in [0.25, 0.3) is 5.91 Å². The van der Waals surface area contributed by atoms with E-state index >= 15 is 0 Å². The topological polar surface area (TPSA) is 89.3 Å². The minimum absolute atomic E-state index is 0.225. The molecule has 2 aromatic heterocycles. The number of anilines is 1. The quantitative estimate of drug-likeness (QED) is 0.891. The molecular formula is C14H15N5O3. The van der Waals surface area contributed by atoms with E-state index in [1.54, 1.807) is 48.5 Å². The predicted octanol–water partition coefficient (Wildman–Crippen LogP) is 0.570. The monoisotopic (exact) mass is 301 g/mol. The number of hydrogen-bond donors (Lipinski definition) is 1. The summed E-state index contributed by atoms with van der Waals surface area (Å²) in [6, 6.07) is 4.98. The van der Waals surface area contributed by atoms with E-state index in [0.717, 1.165) is 0 Å². The molecule has 1 atom stereocenters. The first-order valence-electron chi connectivity index (χ1n) is 6.79. The Morgan fingerprint density at radius 1 is 1.36 bits per heavy atom. The molecule has 2 aromatic rings. The summed E-state index contributed by atoms with van der Waals surface area (Å²) in [6.07, 6.45) is 3.88. The maximum absolute atomic E-state index is 11.9. The van der Waals surface area contributed by atoms with Crippen molar-refractivity contribution in [2.45, 2.75) is 6.10 Å². The molecule has 0 radical (unpaired) electrons. The van der Waals surface area contributed by atoms with Crippen LogP contribution < -0.4 is 10.2 Å². The number of cyclic esters (lactones) is 1. The van der Waals surface area contributed by atoms with E-state index in [4.69, 9.17) is 4.74 Å². The Morgan fingerprint density at radius 3 is 2.82 bits per heavy atom. The normalized spacial score (nSPS) is 17.4. The van der Waals surface area contributed by atoms with Crippen LogP contribution in [0.4, 0.5) is 10.6 Å². The van der Waals surface area contributed by atoms with Gasteiger partial charge in [0.05, 0.1) is 19.3 Å². The first kappa shape index (κ1) is 14.1. The Bertz CT molecular complexity index is 685. The number of rotatable bonds is 4. The van der Waals surface area contributed by atoms with E-state index in [1.165, 1.54) is 4.90 Å². The van der Waals surface area contributed by atoms with E-state index in [9.17, 15) is 9.59 Å². The summed E-state index contributed by atoms with van der Waals surface area (Å²) in [4.78, 5) is 29.2. The maximum Gasteiger partial charge on any atom is 0.416 e. The summed E-state index contributed by atoms with van der Waals surface area (Å²) in [5, 5.41) is 6.78. The lowest BCUT2D eigenvalue weighted by molar-refractivity contribution is 0.0916. The van der Waals surface area contributed by atoms with Crippen LogP contribution in [0.3, 0.4) is 0 Å². The van der Waals surface area contributed by atoms with Crippen molar-refractivity contribution in [1.29, 1.82) is 0 Å². The summed E-state index contributed by atoms with van der Waals surface area (Å²) >= 11 is 0. The molecule has 1 aliphatic rings. The van der Waals surface area contributed by atoms with Crippen LogP contribution in [0.1, 0.15) is 10.4 Å². The molecule has 1 saturated heterocycles. The minimum Gasteiger partial charge on any atom is -0.442 e. The predicted molar refractivity (Wildman–Crippen MR) is 77.4 cm³/mol. The fraction of sp³-hybridized carbons (Fsp3) is 0.286. The largest absolute Gasteiger partial charge is 0.442 e. The van der Waals surface area contributed by atoms with Crippen LogP contribution in [0, 0.1) is 0 Å². The fourth-order valence-corrected chi connectivity index (χ4v) is 2.26. The van der Waals surface area contributed by atoms with Gasteiger partial charge in [-0.1, -0.05) is 0 Å². The molecule has 1 N–H and O–H groups in total. The van der Waals surface area contributed by atoms with Gasteiger partial charge in [-0.05, 0) is 12.1 Å². The Labute approximate surface area is 126 Å². The highest BCUT2D eigenvalue weighted by Crippen LogP contribution is 2.20. The Kier molecular flexibility index (Phi) is 3.73. The van der Waals surface area contributed by atoms with Gasteiger partial charge in [-0.3, -0.25) is 19.4 Å². The lowest BCUT2D eigenvalue weighted by Gasteiger charge is -2.12. The molecule has 0 spiro atoms. The zero-order valence-corrected chi connectivity index (χ0v) is 12.0. The highest BCUT2D eigenvalue weighted by Gasteiger charge is 2.33. The molecule has 1 fully saturated rings. The fourth-order valence-electron chi connectivity index (χ4n) is 2.26. The minimum atomic E-state index is -0.438. The van der Waals surface area contributed by atoms with Crippen molar-refractivity contribution in [3.8, 4) is 0 Å². The second kappa shape index (κ2) is 5.84. The molecule has 114 valence electrons. The number of ether oxygens (including phenoxy) is 1. The first-order valence-corrected chi connectivity index (χ1v) is 6.79. The summed E-state index contributed by atoms with van der Waals surface area (Å²) < 4.78 is 6.85. The average Bonchev–Trinajstić information content (AvgIpc) is 3.11. The van der Waals surface area contributed by atoms with Crippen molar-refractivity contribution in [2.24, 2.45) is 7.05 Å². The second-order valence-electron chi connectivity index (χ2n) is 4.88. The van der Waals surface area contributed by atoms with E-state index in [0.29, 0.717) is 17.9 Å². The Hall–Kier alpha value is -2.90. The van der Waals surface area contributed by atoms with Gasteiger partial charge in [0.15, 0.2) is 0 Å². The van der Waals surface area contributed by atoms with E-state index in [1.807, 2.05) is 0 Å². The van der Waals surface area contributed by atoms with Crippen LogP contribution in [-0.2, 0) is 11.8 Å². The standard InChI is InChI=1S/C14H15N5O3/c1-18-12(4-7-17-18)19-9-11(22-14(19)21)8-16-13(20)10-2-5-15-6-3-10/h2-7,11H,8-9H2,1H3,(H,16,20). The number of carbonyl (C=O) groups is 2. The number of carbonyl (C=O) groups excluding carboxylic acids is 2. The molecule has 22 heavy (non-hydrogen) atoms. The zero-order chi connectivity index (χ0) is 15.5. The number of nitrogens with one attached hydrogen (secondary N) is 1. The first-order chi connectivity index (χ1) is 10.6. The molecule has 0 aliphatic carbocycles. The van der Waals surface area contributed by atoms with Gasteiger partial charge in [0.2, 0.25) is 0 Å². The number of aromatic nitrogens is 3. The number of amides is 2. The van der Waals surface area contributed by atoms with Crippen molar-refractivity contribution in [2.75, 3.05) is 18.0 Å². The van der Waals surface area contributed by atoms with Crippen LogP contribution in [0.2, 0.25) is 0 Å². The van der Waals surface area contributed by atoms with Gasteiger partial charge < -0.3 is 10.1 Å². The van der Waals surface area contributed by atoms with Crippen LogP contribution >= 0.6 is 0 Å². The number of hydrogen-bond acceptors (Lipinski definition) is 5. The third kappa shape index (κ3) is 2.76. The number of pyridine rings is 1. The SMILES string of the molecule is Cn1nccc1N1CC(CNC(=O)c2ccncc2)OC1=O. The van der Waals surface area contributed by atoms with Crippen molar-refractivity contribution < 1.29 is 14.3 Å². The van der Waals surface area contributed by atoms with Gasteiger partial charge in [0, 0.05) is 31.1 Å². The van der Waals surface area contributed by atoms with E-state index in [-0.39, 0.29) is 12.5 Å². The van der Waals surface area contributed by atoms with Gasteiger partial charge in [-0.2, -0.15) is 5.10 Å². The van der Waals surface area contributed by atoms with Gasteiger partial charge in [-0.15, -0.1) is 0 Å². The lowest BCUT2D eigenvalue weighted by atomic mass is 10.2. The van der Waals surface area contributed by atoms with Crippen LogP contribution in [0.15, 0.2) is 36.8 Å². The van der Waals surface area contributed by atoms with Crippen molar-refractivity contribution in [3.63, 3.8) is 0 Å². The molecule has 3 rings (SSSR count). The Balaban J connectivity index is 1.58. The molecular weight excluding hydrogens is 286 g/mol. The van der Waals surface area contributed by atoms with Gasteiger partial charge in [0.1, 0.15) is 11.9 Å². The van der Waals surface area contributed by atoms with E-state index < -0.39 is 12.2 Å². The maximum atomic E-state index is 11.9. The van der Waals surface area contributed by atoms with Crippen LogP contribution in [-0.4, -0.2) is 46.0 Å². The zero-order valence-electron chi connectivity index (χ0n) is 12.0. The highest BCUT2D eigenvalue weighted by molar-refractivity contribution is 5.94. The molecule has 1 unspecified atom stereocenters. The highest BCUT2D eigenvalue weighted by atomic mass is 16.6. The van der Waals surface area contributed by atoms with Crippen LogP contribution in [0.25, 0.3) is 0 Å². The number of aryl methyl sites for hydroxylation is 1. The van der Waals surface area contributed by atoms with Crippen LogP contribution in [0.5, 0.6) is 0 Å². The third-order valence-corrected chi connectivity index (χ3v) is 3.38. The second-order valence-corrected chi connectivity index (χ2v) is 4.88. The van der Waals surface area contributed by atoms with Crippen molar-refractivity contribution in [1.82, 2.24) is 20.1 Å². The summed E-state index contributed by atoms with van der Waals surface area (Å²) in [5.41, 5.74) is 0.516. The third-order valence-electron chi connectivity index (χ3n) is 3.38. The molecule has 0 aromatic carbocycles. The smallest absolute Gasteiger partial charge is 0.416 e. The summed E-state index contributed by atoms with van der Waals surface area (Å²) in [7, 11) is 1.75. The van der Waals surface area contributed by atoms with Gasteiger partial charge in [-0.25, -0.2) is 4.79 Å². The molecule has 0 saturated carbocycles. The summed E-state index contributed by atoms with van der Waals surface area (Å²) in [6.45, 7) is 0.621. The number of nitrogens with zero attached hydrogens (tertiary/aromatic N) is 4. The Morgan fingerprint density at radius 2 is 2.14 bits per heavy atom.